The SMILES string of the molecule is Cc1ccc(-c2ccc(NC(=O)Cc3ccc(C4=CCNCC4)cc3)cc2)c(C)c1.Cc1ccc(C(=O)OC(C)(C)C)cc1. The highest BCUT2D eigenvalue weighted by Gasteiger charge is 2.17. The van der Waals surface area contributed by atoms with Gasteiger partial charge in [-0.2, -0.15) is 0 Å². The summed E-state index contributed by atoms with van der Waals surface area (Å²) in [7, 11) is 0. The van der Waals surface area contributed by atoms with Gasteiger partial charge in [-0.15, -0.1) is 0 Å². The molecule has 0 unspecified atom stereocenters. The quantitative estimate of drug-likeness (QED) is 0.222. The van der Waals surface area contributed by atoms with E-state index in [9.17, 15) is 9.59 Å². The predicted octanol–water partition coefficient (Wildman–Crippen LogP) is 8.48. The van der Waals surface area contributed by atoms with Gasteiger partial charge in [0, 0.05) is 12.2 Å². The third-order valence-electron chi connectivity index (χ3n) is 7.30. The summed E-state index contributed by atoms with van der Waals surface area (Å²) in [5.74, 6) is -0.263. The van der Waals surface area contributed by atoms with Crippen molar-refractivity contribution in [3.05, 3.63) is 130 Å². The normalized spacial score (nSPS) is 12.8. The van der Waals surface area contributed by atoms with E-state index in [-0.39, 0.29) is 11.9 Å². The molecule has 5 heteroatoms. The monoisotopic (exact) mass is 588 g/mol. The second-order valence-electron chi connectivity index (χ2n) is 12.4. The zero-order chi connectivity index (χ0) is 31.7. The van der Waals surface area contributed by atoms with Gasteiger partial charge in [-0.05, 0) is 112 Å². The number of nitrogens with one attached hydrogen (secondary N) is 2. The van der Waals surface area contributed by atoms with Crippen LogP contribution in [0, 0.1) is 20.8 Å². The van der Waals surface area contributed by atoms with Gasteiger partial charge in [0.1, 0.15) is 5.60 Å². The fourth-order valence-corrected chi connectivity index (χ4v) is 5.01. The number of amides is 1. The van der Waals surface area contributed by atoms with Crippen LogP contribution < -0.4 is 10.6 Å². The van der Waals surface area contributed by atoms with Crippen molar-refractivity contribution in [2.24, 2.45) is 0 Å². The number of hydrogen-bond donors (Lipinski definition) is 2. The largest absolute Gasteiger partial charge is 0.456 e. The molecule has 44 heavy (non-hydrogen) atoms. The number of benzene rings is 4. The number of carbonyl (C=O) groups excluding carboxylic acids is 2. The molecule has 1 amide bonds. The summed E-state index contributed by atoms with van der Waals surface area (Å²) in [6.45, 7) is 13.8. The lowest BCUT2D eigenvalue weighted by Gasteiger charge is -2.19. The summed E-state index contributed by atoms with van der Waals surface area (Å²) in [6.07, 6.45) is 3.67. The molecule has 0 aromatic heterocycles. The molecule has 228 valence electrons. The molecule has 0 atom stereocenters. The molecule has 0 fully saturated rings. The Kier molecular flexibility index (Phi) is 10.9. The number of rotatable bonds is 6. The number of carbonyl (C=O) groups is 2. The highest BCUT2D eigenvalue weighted by atomic mass is 16.6. The van der Waals surface area contributed by atoms with Crippen molar-refractivity contribution in [3.8, 4) is 11.1 Å². The van der Waals surface area contributed by atoms with Crippen molar-refractivity contribution in [1.82, 2.24) is 5.32 Å². The van der Waals surface area contributed by atoms with E-state index >= 15 is 0 Å². The summed E-state index contributed by atoms with van der Waals surface area (Å²) in [4.78, 5) is 24.0. The fraction of sp³-hybridized carbons (Fsp3) is 0.282. The van der Waals surface area contributed by atoms with Crippen molar-refractivity contribution < 1.29 is 14.3 Å². The first-order valence-corrected chi connectivity index (χ1v) is 15.2. The number of anilines is 1. The van der Waals surface area contributed by atoms with E-state index in [1.54, 1.807) is 12.1 Å². The van der Waals surface area contributed by atoms with Crippen LogP contribution in [-0.4, -0.2) is 30.6 Å². The van der Waals surface area contributed by atoms with Crippen LogP contribution in [0.2, 0.25) is 0 Å². The second kappa shape index (κ2) is 14.8. The van der Waals surface area contributed by atoms with Crippen LogP contribution in [-0.2, 0) is 16.0 Å². The Hall–Kier alpha value is -4.48. The predicted molar refractivity (Wildman–Crippen MR) is 182 cm³/mol. The Morgan fingerprint density at radius 2 is 1.43 bits per heavy atom. The fourth-order valence-electron chi connectivity index (χ4n) is 5.01. The molecule has 4 aromatic carbocycles. The molecule has 1 aliphatic heterocycles. The van der Waals surface area contributed by atoms with Crippen LogP contribution in [0.15, 0.2) is 97.1 Å². The highest BCUT2D eigenvalue weighted by molar-refractivity contribution is 5.92. The minimum Gasteiger partial charge on any atom is -0.456 e. The van der Waals surface area contributed by atoms with Crippen molar-refractivity contribution in [2.75, 3.05) is 18.4 Å². The maximum atomic E-state index is 12.5. The molecule has 0 saturated heterocycles. The van der Waals surface area contributed by atoms with Gasteiger partial charge in [0.2, 0.25) is 5.91 Å². The molecule has 5 nitrogen and oxygen atoms in total. The number of esters is 1. The molecule has 2 N–H and O–H groups in total. The van der Waals surface area contributed by atoms with Crippen LogP contribution in [0.3, 0.4) is 0 Å². The van der Waals surface area contributed by atoms with Crippen LogP contribution in [0.1, 0.15) is 65.4 Å². The smallest absolute Gasteiger partial charge is 0.338 e. The molecule has 0 saturated carbocycles. The van der Waals surface area contributed by atoms with Gasteiger partial charge in [0.15, 0.2) is 0 Å². The van der Waals surface area contributed by atoms with Crippen LogP contribution in [0.25, 0.3) is 16.7 Å². The van der Waals surface area contributed by atoms with Crippen molar-refractivity contribution in [3.63, 3.8) is 0 Å². The lowest BCUT2D eigenvalue weighted by molar-refractivity contribution is -0.115. The number of hydrogen-bond acceptors (Lipinski definition) is 4. The van der Waals surface area contributed by atoms with Crippen molar-refractivity contribution >= 4 is 23.1 Å². The Morgan fingerprint density at radius 3 is 2.02 bits per heavy atom. The molecule has 0 aliphatic carbocycles. The van der Waals surface area contributed by atoms with E-state index in [1.165, 1.54) is 27.8 Å². The minimum atomic E-state index is -0.429. The van der Waals surface area contributed by atoms with E-state index in [2.05, 4.69) is 85.2 Å². The minimum absolute atomic E-state index is 0.00287. The lowest BCUT2D eigenvalue weighted by Crippen LogP contribution is -2.23. The van der Waals surface area contributed by atoms with E-state index in [0.717, 1.165) is 41.9 Å². The van der Waals surface area contributed by atoms with E-state index in [1.807, 2.05) is 52.0 Å². The average Bonchev–Trinajstić information content (AvgIpc) is 2.98. The van der Waals surface area contributed by atoms with Gasteiger partial charge in [-0.3, -0.25) is 4.79 Å². The number of ether oxygens (including phenoxy) is 1. The van der Waals surface area contributed by atoms with Crippen LogP contribution >= 0.6 is 0 Å². The van der Waals surface area contributed by atoms with Crippen LogP contribution in [0.4, 0.5) is 5.69 Å². The summed E-state index contributed by atoms with van der Waals surface area (Å²) in [6, 6.07) is 30.3. The maximum Gasteiger partial charge on any atom is 0.338 e. The average molecular weight is 589 g/mol. The Bertz CT molecular complexity index is 1590. The Morgan fingerprint density at radius 1 is 0.795 bits per heavy atom. The standard InChI is InChI=1S/C27H28N2O.C12H16O2/c1-19-3-12-26(20(2)17-19)24-8-10-25(11-9-24)29-27(30)18-21-4-6-22(7-5-21)23-13-15-28-16-14-23;1-9-5-7-10(8-6-9)11(13)14-12(2,3)4/h3-13,17,28H,14-16,18H2,1-2H3,(H,29,30);5-8H,1-4H3. The first-order valence-electron chi connectivity index (χ1n) is 15.2. The zero-order valence-corrected chi connectivity index (χ0v) is 26.8. The molecule has 0 radical (unpaired) electrons. The summed E-state index contributed by atoms with van der Waals surface area (Å²) in [5, 5.41) is 6.35. The lowest BCUT2D eigenvalue weighted by atomic mass is 9.98. The van der Waals surface area contributed by atoms with Gasteiger partial charge in [-0.1, -0.05) is 83.9 Å². The third kappa shape index (κ3) is 9.78. The Balaban J connectivity index is 0.000000265. The summed E-state index contributed by atoms with van der Waals surface area (Å²) in [5.41, 5.74) is 10.7. The second-order valence-corrected chi connectivity index (χ2v) is 12.4. The van der Waals surface area contributed by atoms with Gasteiger partial charge in [-0.25, -0.2) is 4.79 Å². The molecule has 1 heterocycles. The molecular formula is C39H44N2O3. The Labute approximate surface area is 262 Å². The molecule has 5 rings (SSSR count). The highest BCUT2D eigenvalue weighted by Crippen LogP contribution is 2.26. The maximum absolute atomic E-state index is 12.5. The van der Waals surface area contributed by atoms with Crippen LogP contribution in [0.5, 0.6) is 0 Å². The van der Waals surface area contributed by atoms with E-state index in [0.29, 0.717) is 12.0 Å². The van der Waals surface area contributed by atoms with Gasteiger partial charge in [0.05, 0.1) is 12.0 Å². The van der Waals surface area contributed by atoms with Crippen molar-refractivity contribution in [2.45, 2.75) is 60.0 Å². The van der Waals surface area contributed by atoms with E-state index < -0.39 is 5.60 Å². The molecule has 1 aliphatic rings. The topological polar surface area (TPSA) is 67.4 Å². The first-order chi connectivity index (χ1) is 21.0. The van der Waals surface area contributed by atoms with Gasteiger partial charge in [0.25, 0.3) is 0 Å². The molecule has 0 bridgehead atoms. The first kappa shape index (κ1) is 32.4. The van der Waals surface area contributed by atoms with E-state index in [4.69, 9.17) is 4.74 Å². The van der Waals surface area contributed by atoms with Gasteiger partial charge >= 0.3 is 5.97 Å². The third-order valence-corrected chi connectivity index (χ3v) is 7.30. The van der Waals surface area contributed by atoms with Crippen molar-refractivity contribution in [1.29, 1.82) is 0 Å². The van der Waals surface area contributed by atoms with Gasteiger partial charge < -0.3 is 15.4 Å². The summed E-state index contributed by atoms with van der Waals surface area (Å²) < 4.78 is 5.22. The summed E-state index contributed by atoms with van der Waals surface area (Å²) >= 11 is 0. The number of aryl methyl sites for hydroxylation is 3. The molecule has 0 spiro atoms. The molecular weight excluding hydrogens is 544 g/mol. The zero-order valence-electron chi connectivity index (χ0n) is 26.8. The molecule has 4 aromatic rings.